The Morgan fingerprint density at radius 1 is 1.24 bits per heavy atom. The third-order valence-corrected chi connectivity index (χ3v) is 3.40. The van der Waals surface area contributed by atoms with Crippen LogP contribution in [0.15, 0.2) is 30.3 Å². The summed E-state index contributed by atoms with van der Waals surface area (Å²) in [5.74, 6) is -2.00. The second-order valence-corrected chi connectivity index (χ2v) is 6.87. The number of aliphatic carboxylic acids is 1. The van der Waals surface area contributed by atoms with E-state index in [1.54, 1.807) is 24.3 Å². The summed E-state index contributed by atoms with van der Waals surface area (Å²) in [5, 5.41) is 8.52. The quantitative estimate of drug-likeness (QED) is 0.784. The van der Waals surface area contributed by atoms with Gasteiger partial charge in [-0.05, 0) is 17.2 Å². The van der Waals surface area contributed by atoms with Crippen molar-refractivity contribution in [3.05, 3.63) is 41.5 Å². The molecule has 0 aliphatic rings. The summed E-state index contributed by atoms with van der Waals surface area (Å²) in [4.78, 5) is 23.4. The molecule has 21 heavy (non-hydrogen) atoms. The van der Waals surface area contributed by atoms with E-state index < -0.39 is 27.5 Å². The summed E-state index contributed by atoms with van der Waals surface area (Å²) in [6.45, 7) is 0.289. The Kier molecular flexibility index (Phi) is 5.66. The second-order valence-electron chi connectivity index (χ2n) is 4.73. The van der Waals surface area contributed by atoms with Gasteiger partial charge >= 0.3 is 5.97 Å². The monoisotopic (exact) mass is 311 g/mol. The molecule has 0 unspecified atom stereocenters. The van der Waals surface area contributed by atoms with Crippen molar-refractivity contribution in [2.24, 2.45) is 0 Å². The molecule has 1 aromatic carbocycles. The van der Waals surface area contributed by atoms with Crippen molar-refractivity contribution in [3.63, 3.8) is 0 Å². The van der Waals surface area contributed by atoms with E-state index in [2.05, 4.69) is 0 Å². The molecule has 0 fully saturated rings. The van der Waals surface area contributed by atoms with Crippen LogP contribution in [0.3, 0.4) is 0 Å². The van der Waals surface area contributed by atoms with Gasteiger partial charge in [-0.2, -0.15) is 0 Å². The lowest BCUT2D eigenvalue weighted by Crippen LogP contribution is -2.31. The molecular weight excluding hydrogens is 294 g/mol. The van der Waals surface area contributed by atoms with Gasteiger partial charge in [0.25, 0.3) is 0 Å². The topological polar surface area (TPSA) is 91.8 Å². The van der Waals surface area contributed by atoms with Crippen LogP contribution in [0.2, 0.25) is 0 Å². The number of rotatable bonds is 6. The summed E-state index contributed by atoms with van der Waals surface area (Å²) in [5.41, 5.74) is 1.55. The van der Waals surface area contributed by atoms with E-state index in [9.17, 15) is 18.0 Å². The van der Waals surface area contributed by atoms with Crippen LogP contribution in [-0.4, -0.2) is 49.4 Å². The molecule has 0 aliphatic carbocycles. The van der Waals surface area contributed by atoms with Crippen LogP contribution >= 0.6 is 0 Å². The number of nitrogens with zero attached hydrogens (tertiary/aromatic N) is 1. The first-order chi connectivity index (χ1) is 9.67. The van der Waals surface area contributed by atoms with Crippen LogP contribution in [0, 0.1) is 0 Å². The Morgan fingerprint density at radius 3 is 2.29 bits per heavy atom. The molecule has 1 amide bonds. The smallest absolute Gasteiger partial charge is 0.328 e. The molecular formula is C14H17NO5S. The molecule has 0 aromatic heterocycles. The van der Waals surface area contributed by atoms with Gasteiger partial charge in [-0.1, -0.05) is 24.3 Å². The van der Waals surface area contributed by atoms with Gasteiger partial charge in [0.05, 0.1) is 0 Å². The van der Waals surface area contributed by atoms with Crippen molar-refractivity contribution in [2.45, 2.75) is 6.54 Å². The van der Waals surface area contributed by atoms with Crippen molar-refractivity contribution in [1.29, 1.82) is 0 Å². The molecule has 1 rings (SSSR count). The lowest BCUT2D eigenvalue weighted by atomic mass is 10.1. The Bertz CT molecular complexity index is 646. The maximum absolute atomic E-state index is 11.7. The molecule has 114 valence electrons. The van der Waals surface area contributed by atoms with Gasteiger partial charge in [0.1, 0.15) is 5.75 Å². The zero-order valence-electron chi connectivity index (χ0n) is 11.8. The summed E-state index contributed by atoms with van der Waals surface area (Å²) in [6, 6.07) is 6.96. The van der Waals surface area contributed by atoms with Gasteiger partial charge in [-0.25, -0.2) is 13.2 Å². The minimum absolute atomic E-state index is 0.289. The van der Waals surface area contributed by atoms with Crippen LogP contribution in [0.1, 0.15) is 11.1 Å². The molecule has 0 aliphatic heterocycles. The number of sulfone groups is 1. The van der Waals surface area contributed by atoms with Crippen LogP contribution in [-0.2, 0) is 26.0 Å². The van der Waals surface area contributed by atoms with E-state index >= 15 is 0 Å². The van der Waals surface area contributed by atoms with Gasteiger partial charge in [0.2, 0.25) is 5.91 Å². The molecule has 1 N–H and O–H groups in total. The zero-order valence-corrected chi connectivity index (χ0v) is 12.6. The van der Waals surface area contributed by atoms with Gasteiger partial charge in [0, 0.05) is 25.9 Å². The van der Waals surface area contributed by atoms with Gasteiger partial charge in [-0.15, -0.1) is 0 Å². The first kappa shape index (κ1) is 16.9. The van der Waals surface area contributed by atoms with Crippen LogP contribution < -0.4 is 0 Å². The first-order valence-electron chi connectivity index (χ1n) is 6.09. The predicted molar refractivity (Wildman–Crippen MR) is 79.3 cm³/mol. The Labute approximate surface area is 123 Å². The molecule has 0 spiro atoms. The normalized spacial score (nSPS) is 11.5. The van der Waals surface area contributed by atoms with Gasteiger partial charge < -0.3 is 10.0 Å². The van der Waals surface area contributed by atoms with Crippen LogP contribution in [0.4, 0.5) is 0 Å². The number of amides is 1. The van der Waals surface area contributed by atoms with E-state index in [0.717, 1.165) is 23.5 Å². The molecule has 0 radical (unpaired) electrons. The highest BCUT2D eigenvalue weighted by Crippen LogP contribution is 2.08. The zero-order chi connectivity index (χ0) is 16.0. The van der Waals surface area contributed by atoms with Crippen molar-refractivity contribution in [3.8, 4) is 0 Å². The largest absolute Gasteiger partial charge is 0.478 e. The highest BCUT2D eigenvalue weighted by atomic mass is 32.2. The molecule has 0 heterocycles. The van der Waals surface area contributed by atoms with E-state index in [1.165, 1.54) is 18.0 Å². The first-order valence-corrected chi connectivity index (χ1v) is 8.15. The number of carbonyl (C=O) groups is 2. The predicted octanol–water partition coefficient (Wildman–Crippen LogP) is 0.787. The fraction of sp³-hybridized carbons (Fsp3) is 0.286. The maximum atomic E-state index is 11.7. The highest BCUT2D eigenvalue weighted by molar-refractivity contribution is 7.91. The minimum Gasteiger partial charge on any atom is -0.478 e. The molecule has 0 atom stereocenters. The van der Waals surface area contributed by atoms with Gasteiger partial charge in [-0.3, -0.25) is 4.79 Å². The summed E-state index contributed by atoms with van der Waals surface area (Å²) < 4.78 is 22.1. The standard InChI is InChI=1S/C14H17NO5S/c1-15(13(16)10-21(2,19)20)9-12-5-3-11(4-6-12)7-8-14(17)18/h3-8H,9-10H2,1-2H3,(H,17,18). The number of hydrogen-bond acceptors (Lipinski definition) is 4. The third kappa shape index (κ3) is 6.71. The minimum atomic E-state index is -3.34. The van der Waals surface area contributed by atoms with E-state index in [4.69, 9.17) is 5.11 Å². The van der Waals surface area contributed by atoms with Gasteiger partial charge in [0.15, 0.2) is 9.84 Å². The lowest BCUT2D eigenvalue weighted by Gasteiger charge is -2.16. The number of carboxylic acid groups (broad SMARTS) is 1. The average molecular weight is 311 g/mol. The number of carbonyl (C=O) groups excluding carboxylic acids is 1. The molecule has 6 nitrogen and oxygen atoms in total. The van der Waals surface area contributed by atoms with E-state index in [-0.39, 0.29) is 6.54 Å². The van der Waals surface area contributed by atoms with Crippen molar-refractivity contribution >= 4 is 27.8 Å². The molecule has 0 saturated carbocycles. The van der Waals surface area contributed by atoms with Crippen molar-refractivity contribution in [2.75, 3.05) is 19.1 Å². The Hall–Kier alpha value is -2.15. The average Bonchev–Trinajstić information content (AvgIpc) is 2.35. The van der Waals surface area contributed by atoms with E-state index in [1.807, 2.05) is 0 Å². The highest BCUT2D eigenvalue weighted by Gasteiger charge is 2.15. The lowest BCUT2D eigenvalue weighted by molar-refractivity contribution is -0.131. The molecule has 7 heteroatoms. The fourth-order valence-electron chi connectivity index (χ4n) is 1.60. The van der Waals surface area contributed by atoms with Crippen LogP contribution in [0.25, 0.3) is 6.08 Å². The SMILES string of the molecule is CN(Cc1ccc(C=CC(=O)O)cc1)C(=O)CS(C)(=O)=O. The molecule has 0 saturated heterocycles. The molecule has 0 bridgehead atoms. The van der Waals surface area contributed by atoms with Crippen LogP contribution in [0.5, 0.6) is 0 Å². The third-order valence-electron chi connectivity index (χ3n) is 2.63. The maximum Gasteiger partial charge on any atom is 0.328 e. The van der Waals surface area contributed by atoms with E-state index in [0.29, 0.717) is 0 Å². The fourth-order valence-corrected chi connectivity index (χ4v) is 2.27. The second kappa shape index (κ2) is 7.03. The molecule has 1 aromatic rings. The number of benzene rings is 1. The summed E-state index contributed by atoms with van der Waals surface area (Å²) >= 11 is 0. The summed E-state index contributed by atoms with van der Waals surface area (Å²) in [6.07, 6.45) is 3.52. The Morgan fingerprint density at radius 2 is 1.81 bits per heavy atom. The Balaban J connectivity index is 2.67. The summed E-state index contributed by atoms with van der Waals surface area (Å²) in [7, 11) is -1.81. The van der Waals surface area contributed by atoms with Crippen molar-refractivity contribution < 1.29 is 23.1 Å². The number of hydrogen-bond donors (Lipinski definition) is 1. The number of carboxylic acids is 1. The van der Waals surface area contributed by atoms with Crippen molar-refractivity contribution in [1.82, 2.24) is 4.90 Å².